The Labute approximate surface area is 170 Å². The van der Waals surface area contributed by atoms with Gasteiger partial charge in [0.15, 0.2) is 0 Å². The Morgan fingerprint density at radius 3 is 2.25 bits per heavy atom. The Morgan fingerprint density at radius 2 is 1.54 bits per heavy atom. The van der Waals surface area contributed by atoms with Gasteiger partial charge in [-0.25, -0.2) is 4.98 Å². The molecule has 136 valence electrons. The summed E-state index contributed by atoms with van der Waals surface area (Å²) in [6.07, 6.45) is 3.53. The molecule has 0 saturated carbocycles. The molecular weight excluding hydrogens is 390 g/mol. The van der Waals surface area contributed by atoms with E-state index in [2.05, 4.69) is 44.4 Å². The first-order valence-electron chi connectivity index (χ1n) is 8.67. The number of hydrogen-bond acceptors (Lipinski definition) is 5. The zero-order valence-electron chi connectivity index (χ0n) is 14.9. The normalized spacial score (nSPS) is 11.2. The molecule has 7 heteroatoms. The number of imidazole rings is 1. The van der Waals surface area contributed by atoms with Crippen molar-refractivity contribution in [2.75, 3.05) is 0 Å². The molecular formula is C21H14ClN5S. The molecule has 28 heavy (non-hydrogen) atoms. The van der Waals surface area contributed by atoms with Crippen molar-refractivity contribution < 1.29 is 0 Å². The number of hydrogen-bond donors (Lipinski definition) is 0. The standard InChI is InChI=1S/C21H14ClN5S/c1-27-16(12-24-21(27)22)19-13-6-2-3-7-14(13)20(26-25-19)18-10-9-17(28-18)15-8-4-5-11-23-15/h2-12H,1H3. The summed E-state index contributed by atoms with van der Waals surface area (Å²) in [5.74, 6) is 0. The first kappa shape index (κ1) is 17.0. The number of fused-ring (bicyclic) bond motifs is 1. The van der Waals surface area contributed by atoms with Crippen LogP contribution in [0, 0.1) is 0 Å². The van der Waals surface area contributed by atoms with Gasteiger partial charge in [0.1, 0.15) is 11.4 Å². The first-order chi connectivity index (χ1) is 13.7. The van der Waals surface area contributed by atoms with Crippen LogP contribution >= 0.6 is 22.9 Å². The van der Waals surface area contributed by atoms with Crippen LogP contribution in [0.4, 0.5) is 0 Å². The Hall–Kier alpha value is -3.09. The third-order valence-corrected chi connectivity index (χ3v) is 6.08. The van der Waals surface area contributed by atoms with Crippen LogP contribution in [0.1, 0.15) is 0 Å². The van der Waals surface area contributed by atoms with Crippen LogP contribution in [-0.4, -0.2) is 24.7 Å². The van der Waals surface area contributed by atoms with Crippen molar-refractivity contribution in [1.29, 1.82) is 0 Å². The summed E-state index contributed by atoms with van der Waals surface area (Å²) in [7, 11) is 1.87. The van der Waals surface area contributed by atoms with Crippen molar-refractivity contribution in [2.45, 2.75) is 0 Å². The molecule has 0 saturated heterocycles. The SMILES string of the molecule is Cn1c(-c2nnc(-c3ccc(-c4ccccn4)s3)c3ccccc23)cnc1Cl. The molecule has 0 amide bonds. The van der Waals surface area contributed by atoms with Gasteiger partial charge in [-0.3, -0.25) is 4.98 Å². The lowest BCUT2D eigenvalue weighted by Gasteiger charge is -2.09. The van der Waals surface area contributed by atoms with Gasteiger partial charge in [0.2, 0.25) is 5.28 Å². The molecule has 0 unspecified atom stereocenters. The third-order valence-electron chi connectivity index (χ3n) is 4.62. The second-order valence-corrected chi connectivity index (χ2v) is 7.71. The van der Waals surface area contributed by atoms with Gasteiger partial charge in [0, 0.05) is 24.0 Å². The molecule has 5 nitrogen and oxygen atoms in total. The molecule has 0 atom stereocenters. The molecule has 0 aliphatic rings. The molecule has 0 N–H and O–H groups in total. The average molecular weight is 404 g/mol. The van der Waals surface area contributed by atoms with Gasteiger partial charge >= 0.3 is 0 Å². The summed E-state index contributed by atoms with van der Waals surface area (Å²) in [5.41, 5.74) is 3.42. The van der Waals surface area contributed by atoms with Crippen LogP contribution in [0.3, 0.4) is 0 Å². The minimum Gasteiger partial charge on any atom is -0.316 e. The van der Waals surface area contributed by atoms with E-state index in [0.717, 1.165) is 43.3 Å². The number of thiophene rings is 1. The van der Waals surface area contributed by atoms with Gasteiger partial charge in [-0.05, 0) is 35.9 Å². The summed E-state index contributed by atoms with van der Waals surface area (Å²) in [4.78, 5) is 10.8. The van der Waals surface area contributed by atoms with Gasteiger partial charge < -0.3 is 4.57 Å². The lowest BCUT2D eigenvalue weighted by Crippen LogP contribution is -1.98. The average Bonchev–Trinajstić information content (AvgIpc) is 3.36. The van der Waals surface area contributed by atoms with E-state index >= 15 is 0 Å². The zero-order valence-corrected chi connectivity index (χ0v) is 16.4. The van der Waals surface area contributed by atoms with Crippen molar-refractivity contribution in [2.24, 2.45) is 7.05 Å². The largest absolute Gasteiger partial charge is 0.316 e. The summed E-state index contributed by atoms with van der Waals surface area (Å²) in [5, 5.41) is 11.6. The predicted octanol–water partition coefficient (Wildman–Crippen LogP) is 5.47. The van der Waals surface area contributed by atoms with Crippen molar-refractivity contribution in [3.8, 4) is 32.5 Å². The Balaban J connectivity index is 1.67. The highest BCUT2D eigenvalue weighted by Crippen LogP contribution is 2.37. The van der Waals surface area contributed by atoms with Gasteiger partial charge in [0.25, 0.3) is 0 Å². The number of rotatable bonds is 3. The zero-order chi connectivity index (χ0) is 19.1. The lowest BCUT2D eigenvalue weighted by molar-refractivity contribution is 0.911. The lowest BCUT2D eigenvalue weighted by atomic mass is 10.1. The summed E-state index contributed by atoms with van der Waals surface area (Å²) >= 11 is 7.78. The van der Waals surface area contributed by atoms with Gasteiger partial charge in [-0.1, -0.05) is 30.3 Å². The predicted molar refractivity (Wildman–Crippen MR) is 113 cm³/mol. The van der Waals surface area contributed by atoms with Crippen molar-refractivity contribution >= 4 is 33.7 Å². The summed E-state index contributed by atoms with van der Waals surface area (Å²) < 4.78 is 1.81. The van der Waals surface area contributed by atoms with E-state index in [4.69, 9.17) is 11.6 Å². The number of pyridine rings is 1. The monoisotopic (exact) mass is 403 g/mol. The molecule has 0 fully saturated rings. The molecule has 4 aromatic heterocycles. The summed E-state index contributed by atoms with van der Waals surface area (Å²) in [6, 6.07) is 18.2. The van der Waals surface area contributed by atoms with Gasteiger partial charge in [-0.15, -0.1) is 21.5 Å². The van der Waals surface area contributed by atoms with E-state index in [9.17, 15) is 0 Å². The van der Waals surface area contributed by atoms with Crippen LogP contribution in [0.5, 0.6) is 0 Å². The second-order valence-electron chi connectivity index (χ2n) is 6.29. The van der Waals surface area contributed by atoms with Gasteiger partial charge in [-0.2, -0.15) is 0 Å². The van der Waals surface area contributed by atoms with Crippen LogP contribution in [0.2, 0.25) is 5.28 Å². The highest BCUT2D eigenvalue weighted by atomic mass is 35.5. The fraction of sp³-hybridized carbons (Fsp3) is 0.0476. The molecule has 0 aliphatic heterocycles. The van der Waals surface area contributed by atoms with Crippen LogP contribution in [0.25, 0.3) is 43.3 Å². The highest BCUT2D eigenvalue weighted by Gasteiger charge is 2.17. The smallest absolute Gasteiger partial charge is 0.202 e. The van der Waals surface area contributed by atoms with Crippen LogP contribution in [-0.2, 0) is 7.05 Å². The van der Waals surface area contributed by atoms with E-state index in [1.165, 1.54) is 0 Å². The Morgan fingerprint density at radius 1 is 0.821 bits per heavy atom. The maximum absolute atomic E-state index is 6.12. The highest BCUT2D eigenvalue weighted by molar-refractivity contribution is 7.18. The second kappa shape index (κ2) is 6.82. The van der Waals surface area contributed by atoms with E-state index in [-0.39, 0.29) is 0 Å². The number of benzene rings is 1. The van der Waals surface area contributed by atoms with Crippen molar-refractivity contribution in [1.82, 2.24) is 24.7 Å². The molecule has 0 aliphatic carbocycles. The maximum Gasteiger partial charge on any atom is 0.202 e. The quantitative estimate of drug-likeness (QED) is 0.400. The molecule has 0 bridgehead atoms. The molecule has 0 spiro atoms. The first-order valence-corrected chi connectivity index (χ1v) is 9.86. The minimum absolute atomic E-state index is 0.420. The Kier molecular flexibility index (Phi) is 4.15. The van der Waals surface area contributed by atoms with E-state index < -0.39 is 0 Å². The van der Waals surface area contributed by atoms with Crippen LogP contribution < -0.4 is 0 Å². The fourth-order valence-electron chi connectivity index (χ4n) is 3.19. The summed E-state index contributed by atoms with van der Waals surface area (Å²) in [6.45, 7) is 0. The third kappa shape index (κ3) is 2.78. The molecule has 0 radical (unpaired) electrons. The van der Waals surface area contributed by atoms with E-state index in [0.29, 0.717) is 5.28 Å². The Bertz CT molecular complexity index is 1290. The van der Waals surface area contributed by atoms with Crippen LogP contribution in [0.15, 0.2) is 67.0 Å². The fourth-order valence-corrected chi connectivity index (χ4v) is 4.32. The van der Waals surface area contributed by atoms with Crippen molar-refractivity contribution in [3.05, 3.63) is 72.3 Å². The van der Waals surface area contributed by atoms with E-state index in [1.807, 2.05) is 41.9 Å². The molecule has 5 aromatic rings. The molecule has 5 rings (SSSR count). The topological polar surface area (TPSA) is 56.5 Å². The molecule has 4 heterocycles. The maximum atomic E-state index is 6.12. The number of halogens is 1. The number of nitrogens with zero attached hydrogens (tertiary/aromatic N) is 5. The molecule has 1 aromatic carbocycles. The van der Waals surface area contributed by atoms with Gasteiger partial charge in [0.05, 0.1) is 27.3 Å². The van der Waals surface area contributed by atoms with Crippen molar-refractivity contribution in [3.63, 3.8) is 0 Å². The number of aromatic nitrogens is 5. The van der Waals surface area contributed by atoms with E-state index in [1.54, 1.807) is 23.7 Å². The minimum atomic E-state index is 0.420.